The van der Waals surface area contributed by atoms with Crippen LogP contribution in [0.25, 0.3) is 0 Å². The monoisotopic (exact) mass is 347 g/mol. The number of amides is 1. The maximum absolute atomic E-state index is 13.7. The molecule has 4 N–H and O–H groups in total. The van der Waals surface area contributed by atoms with Crippen LogP contribution in [0.5, 0.6) is 0 Å². The zero-order valence-electron chi connectivity index (χ0n) is 12.2. The predicted octanol–water partition coefficient (Wildman–Crippen LogP) is 0.459. The van der Waals surface area contributed by atoms with Gasteiger partial charge < -0.3 is 10.1 Å². The Bertz CT molecular complexity index is 662. The normalized spacial score (nSPS) is 18.4. The summed E-state index contributed by atoms with van der Waals surface area (Å²) in [4.78, 5) is 16.3. The van der Waals surface area contributed by atoms with Gasteiger partial charge in [0.25, 0.3) is 5.91 Å². The molecule has 10 heteroatoms. The van der Waals surface area contributed by atoms with Crippen LogP contribution in [0.4, 0.5) is 10.1 Å². The minimum atomic E-state index is -3.98. The minimum absolute atomic E-state index is 0.0264. The Hall–Kier alpha value is -1.75. The minimum Gasteiger partial charge on any atom is -0.374 e. The van der Waals surface area contributed by atoms with Gasteiger partial charge in [-0.05, 0) is 31.0 Å². The van der Waals surface area contributed by atoms with E-state index in [0.717, 1.165) is 25.0 Å². The molecule has 1 aliphatic heterocycles. The molecular weight excluding hydrogens is 329 g/mol. The van der Waals surface area contributed by atoms with E-state index in [1.54, 1.807) is 0 Å². The molecule has 1 amide bonds. The zero-order chi connectivity index (χ0) is 16.9. The molecule has 0 saturated carbocycles. The van der Waals surface area contributed by atoms with Crippen molar-refractivity contribution < 1.29 is 27.2 Å². The van der Waals surface area contributed by atoms with Crippen LogP contribution in [0, 0.1) is 5.82 Å². The van der Waals surface area contributed by atoms with Crippen LogP contribution in [-0.2, 0) is 24.4 Å². The highest BCUT2D eigenvalue weighted by Crippen LogP contribution is 2.18. The molecule has 0 spiro atoms. The molecule has 1 atom stereocenters. The second-order valence-electron chi connectivity index (χ2n) is 4.98. The third-order valence-corrected chi connectivity index (χ3v) is 4.06. The summed E-state index contributed by atoms with van der Waals surface area (Å²) in [6, 6.07) is 3.11. The smallest absolute Gasteiger partial charge is 0.262 e. The van der Waals surface area contributed by atoms with Gasteiger partial charge in [0, 0.05) is 13.0 Å². The number of rotatable bonds is 6. The largest absolute Gasteiger partial charge is 0.374 e. The highest BCUT2D eigenvalue weighted by Gasteiger charge is 2.16. The topological polar surface area (TPSA) is 120 Å². The fraction of sp³-hybridized carbons (Fsp3) is 0.462. The lowest BCUT2D eigenvalue weighted by atomic mass is 10.2. The van der Waals surface area contributed by atoms with E-state index in [2.05, 4.69) is 10.8 Å². The summed E-state index contributed by atoms with van der Waals surface area (Å²) in [6.45, 7) is 0.332. The average Bonchev–Trinajstić information content (AvgIpc) is 2.51. The molecular formula is C13H18FN3O5S. The fourth-order valence-electron chi connectivity index (χ4n) is 1.96. The number of nitrogens with two attached hydrogens (primary N) is 1. The number of hydrogen-bond donors (Lipinski definition) is 3. The highest BCUT2D eigenvalue weighted by molar-refractivity contribution is 7.89. The number of benzene rings is 1. The van der Waals surface area contributed by atoms with Crippen LogP contribution in [0.1, 0.15) is 19.3 Å². The first-order valence-electron chi connectivity index (χ1n) is 6.98. The van der Waals surface area contributed by atoms with E-state index in [9.17, 15) is 17.6 Å². The van der Waals surface area contributed by atoms with Gasteiger partial charge in [0.05, 0.1) is 17.1 Å². The summed E-state index contributed by atoms with van der Waals surface area (Å²) in [5, 5.41) is 7.44. The van der Waals surface area contributed by atoms with E-state index >= 15 is 0 Å². The van der Waals surface area contributed by atoms with Crippen LogP contribution in [0.15, 0.2) is 23.1 Å². The van der Waals surface area contributed by atoms with Crippen LogP contribution < -0.4 is 15.9 Å². The summed E-state index contributed by atoms with van der Waals surface area (Å²) in [6.07, 6.45) is 2.14. The van der Waals surface area contributed by atoms with Gasteiger partial charge in [-0.1, -0.05) is 0 Å². The van der Waals surface area contributed by atoms with Gasteiger partial charge in [0.15, 0.2) is 6.29 Å². The summed E-state index contributed by atoms with van der Waals surface area (Å²) < 4.78 is 41.2. The molecule has 1 heterocycles. The van der Waals surface area contributed by atoms with Gasteiger partial charge >= 0.3 is 0 Å². The number of hydrogen-bond acceptors (Lipinski definition) is 6. The Morgan fingerprint density at radius 2 is 2.22 bits per heavy atom. The van der Waals surface area contributed by atoms with E-state index in [4.69, 9.17) is 14.7 Å². The van der Waals surface area contributed by atoms with E-state index in [1.807, 2.05) is 0 Å². The van der Waals surface area contributed by atoms with E-state index < -0.39 is 28.0 Å². The van der Waals surface area contributed by atoms with Gasteiger partial charge in [-0.25, -0.2) is 28.3 Å². The van der Waals surface area contributed by atoms with Gasteiger partial charge in [-0.15, -0.1) is 0 Å². The lowest BCUT2D eigenvalue weighted by Crippen LogP contribution is -2.36. The Morgan fingerprint density at radius 3 is 2.83 bits per heavy atom. The van der Waals surface area contributed by atoms with Gasteiger partial charge in [-0.2, -0.15) is 0 Å². The predicted molar refractivity (Wildman–Crippen MR) is 79.1 cm³/mol. The van der Waals surface area contributed by atoms with Crippen LogP contribution in [-0.4, -0.2) is 33.8 Å². The number of nitrogens with one attached hydrogen (secondary N) is 2. The van der Waals surface area contributed by atoms with Crippen molar-refractivity contribution in [1.29, 1.82) is 0 Å². The molecule has 0 aromatic heterocycles. The van der Waals surface area contributed by atoms with Crippen molar-refractivity contribution in [3.8, 4) is 0 Å². The number of carbonyl (C=O) groups is 1. The molecule has 8 nitrogen and oxygen atoms in total. The first-order chi connectivity index (χ1) is 10.9. The van der Waals surface area contributed by atoms with Crippen molar-refractivity contribution >= 4 is 21.6 Å². The molecule has 1 aliphatic rings. The Morgan fingerprint density at radius 1 is 1.43 bits per heavy atom. The Kier molecular flexibility index (Phi) is 5.88. The molecule has 1 aromatic rings. The van der Waals surface area contributed by atoms with Crippen LogP contribution >= 0.6 is 0 Å². The number of ether oxygens (including phenoxy) is 1. The van der Waals surface area contributed by atoms with Crippen molar-refractivity contribution in [3.63, 3.8) is 0 Å². The Balaban J connectivity index is 1.82. The van der Waals surface area contributed by atoms with Crippen molar-refractivity contribution in [2.45, 2.75) is 30.4 Å². The SMILES string of the molecule is NS(=O)(=O)c1ccc(NCC(=O)NOC2CCCCO2)c(F)c1. The van der Waals surface area contributed by atoms with E-state index in [0.29, 0.717) is 13.0 Å². The van der Waals surface area contributed by atoms with Crippen molar-refractivity contribution in [2.75, 3.05) is 18.5 Å². The molecule has 0 bridgehead atoms. The lowest BCUT2D eigenvalue weighted by Gasteiger charge is -2.22. The number of hydroxylamine groups is 1. The summed E-state index contributed by atoms with van der Waals surface area (Å²) in [7, 11) is -3.98. The molecule has 2 rings (SSSR count). The van der Waals surface area contributed by atoms with Crippen molar-refractivity contribution in [2.24, 2.45) is 5.14 Å². The Labute approximate surface area is 133 Å². The van der Waals surface area contributed by atoms with Crippen LogP contribution in [0.3, 0.4) is 0 Å². The van der Waals surface area contributed by atoms with Crippen molar-refractivity contribution in [1.82, 2.24) is 5.48 Å². The maximum atomic E-state index is 13.7. The van der Waals surface area contributed by atoms with E-state index in [-0.39, 0.29) is 17.1 Å². The number of anilines is 1. The maximum Gasteiger partial charge on any atom is 0.262 e. The standard InChI is InChI=1S/C13H18FN3O5S/c14-10-7-9(23(15,19)20)4-5-11(10)16-8-12(18)17-22-13-3-1-2-6-21-13/h4-5,7,13,16H,1-3,6,8H2,(H,17,18)(H2,15,19,20). The molecule has 0 aliphatic carbocycles. The number of sulfonamides is 1. The molecule has 1 saturated heterocycles. The summed E-state index contributed by atoms with van der Waals surface area (Å²) in [5.74, 6) is -1.35. The molecule has 23 heavy (non-hydrogen) atoms. The first-order valence-corrected chi connectivity index (χ1v) is 8.53. The molecule has 128 valence electrons. The third kappa shape index (κ3) is 5.43. The number of halogens is 1. The summed E-state index contributed by atoms with van der Waals surface area (Å²) in [5.41, 5.74) is 2.19. The first kappa shape index (κ1) is 17.6. The molecule has 1 fully saturated rings. The van der Waals surface area contributed by atoms with Crippen LogP contribution in [0.2, 0.25) is 0 Å². The third-order valence-electron chi connectivity index (χ3n) is 3.15. The lowest BCUT2D eigenvalue weighted by molar-refractivity contribution is -0.199. The number of carbonyl (C=O) groups excluding carboxylic acids is 1. The molecule has 0 radical (unpaired) electrons. The highest BCUT2D eigenvalue weighted by atomic mass is 32.2. The van der Waals surface area contributed by atoms with Gasteiger partial charge in [0.1, 0.15) is 5.82 Å². The molecule has 1 aromatic carbocycles. The van der Waals surface area contributed by atoms with Gasteiger partial charge in [-0.3, -0.25) is 4.79 Å². The second kappa shape index (κ2) is 7.68. The quantitative estimate of drug-likeness (QED) is 0.643. The zero-order valence-corrected chi connectivity index (χ0v) is 13.1. The second-order valence-corrected chi connectivity index (χ2v) is 6.54. The summed E-state index contributed by atoms with van der Waals surface area (Å²) >= 11 is 0. The van der Waals surface area contributed by atoms with Crippen molar-refractivity contribution in [3.05, 3.63) is 24.0 Å². The van der Waals surface area contributed by atoms with E-state index in [1.165, 1.54) is 6.07 Å². The van der Waals surface area contributed by atoms with Gasteiger partial charge in [0.2, 0.25) is 10.0 Å². The average molecular weight is 347 g/mol. The fourth-order valence-corrected chi connectivity index (χ4v) is 2.49. The molecule has 1 unspecified atom stereocenters. The number of primary sulfonamides is 1.